The Labute approximate surface area is 175 Å². The van der Waals surface area contributed by atoms with E-state index in [1.165, 1.54) is 32.8 Å². The van der Waals surface area contributed by atoms with Gasteiger partial charge in [0.1, 0.15) is 0 Å². The molecule has 0 radical (unpaired) electrons. The topological polar surface area (TPSA) is 78.9 Å². The minimum Gasteiger partial charge on any atom is -0.384 e. The first kappa shape index (κ1) is 22.5. The molecule has 2 N–H and O–H groups in total. The van der Waals surface area contributed by atoms with Crippen molar-refractivity contribution in [3.8, 4) is 0 Å². The molecule has 1 aromatic carbocycles. The molecule has 1 aliphatic carbocycles. The third kappa shape index (κ3) is 5.32. The maximum absolute atomic E-state index is 12.2. The summed E-state index contributed by atoms with van der Waals surface area (Å²) in [5, 5.41) is 11.7. The molecule has 2 unspecified atom stereocenters. The van der Waals surface area contributed by atoms with Crippen LogP contribution in [0.1, 0.15) is 51.0 Å². The molecule has 0 amide bonds. The summed E-state index contributed by atoms with van der Waals surface area (Å²) >= 11 is 0. The second-order valence-corrected chi connectivity index (χ2v) is 10.5. The number of benzene rings is 1. The van der Waals surface area contributed by atoms with Crippen LogP contribution in [-0.4, -0.2) is 57.5 Å². The van der Waals surface area contributed by atoms with Crippen LogP contribution in [0, 0.1) is 11.8 Å². The average molecular weight is 425 g/mol. The van der Waals surface area contributed by atoms with E-state index in [2.05, 4.69) is 16.5 Å². The Morgan fingerprint density at radius 1 is 1.21 bits per heavy atom. The number of unbranched alkanes of at least 4 members (excludes halogenated alkanes) is 3. The Balaban J connectivity index is 1.69. The number of fused-ring (bicyclic) bond motifs is 2. The summed E-state index contributed by atoms with van der Waals surface area (Å²) in [6.45, 7) is 5.33. The number of methoxy groups -OCH3 is 1. The van der Waals surface area contributed by atoms with Gasteiger partial charge < -0.3 is 14.7 Å². The highest BCUT2D eigenvalue weighted by atomic mass is 32.2. The summed E-state index contributed by atoms with van der Waals surface area (Å²) in [5.74, 6) is 0.316. The normalized spacial score (nSPS) is 27.3. The van der Waals surface area contributed by atoms with Gasteiger partial charge in [-0.15, -0.1) is 0 Å². The van der Waals surface area contributed by atoms with E-state index in [9.17, 15) is 13.5 Å². The lowest BCUT2D eigenvalue weighted by molar-refractivity contribution is -0.0898. The van der Waals surface area contributed by atoms with E-state index in [0.29, 0.717) is 5.69 Å². The lowest BCUT2D eigenvalue weighted by Gasteiger charge is -2.45. The zero-order chi connectivity index (χ0) is 20.9. The molecule has 1 saturated carbocycles. The Hall–Kier alpha value is -1.15. The molecule has 0 aromatic heterocycles. The van der Waals surface area contributed by atoms with Crippen LogP contribution in [-0.2, 0) is 20.4 Å². The molecule has 29 heavy (non-hydrogen) atoms. The highest BCUT2D eigenvalue weighted by Gasteiger charge is 2.53. The van der Waals surface area contributed by atoms with Crippen LogP contribution in [0.3, 0.4) is 0 Å². The summed E-state index contributed by atoms with van der Waals surface area (Å²) in [6, 6.07) is 7.32. The summed E-state index contributed by atoms with van der Waals surface area (Å²) in [5.41, 5.74) is 0.476. The van der Waals surface area contributed by atoms with Gasteiger partial charge in [0.05, 0.1) is 18.0 Å². The van der Waals surface area contributed by atoms with Crippen LogP contribution >= 0.6 is 0 Å². The van der Waals surface area contributed by atoms with Gasteiger partial charge in [0.15, 0.2) is 0 Å². The second kappa shape index (κ2) is 9.77. The van der Waals surface area contributed by atoms with Crippen LogP contribution < -0.4 is 4.72 Å². The van der Waals surface area contributed by atoms with Crippen LogP contribution in [0.4, 0.5) is 5.69 Å². The lowest BCUT2D eigenvalue weighted by atomic mass is 9.75. The number of sulfonamides is 1. The number of hydrogen-bond donors (Lipinski definition) is 2. The predicted octanol–water partition coefficient (Wildman–Crippen LogP) is 3.18. The summed E-state index contributed by atoms with van der Waals surface area (Å²) in [7, 11) is -1.98. The van der Waals surface area contributed by atoms with Crippen molar-refractivity contribution in [3.05, 3.63) is 29.8 Å². The van der Waals surface area contributed by atoms with Crippen molar-refractivity contribution in [3.63, 3.8) is 0 Å². The Kier molecular flexibility index (Phi) is 7.59. The number of aliphatic hydroxyl groups is 1. The molecule has 1 saturated heterocycles. The molecule has 164 valence electrons. The molecule has 1 aliphatic heterocycles. The fourth-order valence-electron chi connectivity index (χ4n) is 5.01. The Bertz CT molecular complexity index is 754. The van der Waals surface area contributed by atoms with Gasteiger partial charge in [-0.05, 0) is 43.5 Å². The molecule has 2 aliphatic rings. The van der Waals surface area contributed by atoms with Gasteiger partial charge >= 0.3 is 0 Å². The minimum atomic E-state index is -3.46. The van der Waals surface area contributed by atoms with Gasteiger partial charge in [0.25, 0.3) is 0 Å². The average Bonchev–Trinajstić information content (AvgIpc) is 2.87. The van der Waals surface area contributed by atoms with Crippen molar-refractivity contribution in [2.45, 2.75) is 51.0 Å². The molecule has 1 heterocycles. The van der Waals surface area contributed by atoms with Gasteiger partial charge in [0, 0.05) is 37.7 Å². The summed E-state index contributed by atoms with van der Waals surface area (Å²) < 4.78 is 31.9. The van der Waals surface area contributed by atoms with Crippen molar-refractivity contribution in [2.24, 2.45) is 11.8 Å². The fourth-order valence-corrected chi connectivity index (χ4v) is 5.98. The summed E-state index contributed by atoms with van der Waals surface area (Å²) in [6.07, 6.45) is 7.09. The molecule has 6 nitrogen and oxygen atoms in total. The SMILES string of the molecule is CCCCCCN1CC2CCC(C1)C2(O)c1cccc(NS(=O)(=O)CCOC)c1. The van der Waals surface area contributed by atoms with E-state index in [-0.39, 0.29) is 24.2 Å². The lowest BCUT2D eigenvalue weighted by Crippen LogP contribution is -2.52. The highest BCUT2D eigenvalue weighted by Crippen LogP contribution is 2.51. The molecule has 2 fully saturated rings. The number of ether oxygens (including phenoxy) is 1. The van der Waals surface area contributed by atoms with E-state index >= 15 is 0 Å². The number of likely N-dealkylation sites (tertiary alicyclic amines) is 1. The van der Waals surface area contributed by atoms with Crippen LogP contribution in [0.15, 0.2) is 24.3 Å². The molecule has 7 heteroatoms. The molecule has 0 spiro atoms. The molecular weight excluding hydrogens is 388 g/mol. The number of hydrogen-bond acceptors (Lipinski definition) is 5. The van der Waals surface area contributed by atoms with Crippen molar-refractivity contribution in [2.75, 3.05) is 43.8 Å². The van der Waals surface area contributed by atoms with Gasteiger partial charge in [-0.2, -0.15) is 0 Å². The number of nitrogens with one attached hydrogen (secondary N) is 1. The maximum atomic E-state index is 12.2. The second-order valence-electron chi connectivity index (χ2n) is 8.61. The number of piperidine rings is 1. The van der Waals surface area contributed by atoms with Crippen molar-refractivity contribution < 1.29 is 18.3 Å². The molecule has 2 bridgehead atoms. The predicted molar refractivity (Wildman–Crippen MR) is 116 cm³/mol. The molecule has 3 rings (SSSR count). The summed E-state index contributed by atoms with van der Waals surface area (Å²) in [4.78, 5) is 2.52. The maximum Gasteiger partial charge on any atom is 0.234 e. The number of rotatable bonds is 11. The quantitative estimate of drug-likeness (QED) is 0.534. The zero-order valence-electron chi connectivity index (χ0n) is 17.8. The smallest absolute Gasteiger partial charge is 0.234 e. The standard InChI is InChI=1S/C22H36N2O4S/c1-3-4-5-6-12-24-16-19-10-11-20(17-24)22(19,25)18-8-7-9-21(15-18)23-29(26,27)14-13-28-2/h7-9,15,19-20,23,25H,3-6,10-14,16-17H2,1-2H3. The first-order chi connectivity index (χ1) is 13.9. The van der Waals surface area contributed by atoms with Gasteiger partial charge in [-0.3, -0.25) is 4.72 Å². The zero-order valence-corrected chi connectivity index (χ0v) is 18.6. The first-order valence-corrected chi connectivity index (χ1v) is 12.6. The highest BCUT2D eigenvalue weighted by molar-refractivity contribution is 7.92. The van der Waals surface area contributed by atoms with E-state index in [0.717, 1.165) is 38.0 Å². The fraction of sp³-hybridized carbons (Fsp3) is 0.727. The Morgan fingerprint density at radius 3 is 2.59 bits per heavy atom. The van der Waals surface area contributed by atoms with E-state index in [4.69, 9.17) is 4.74 Å². The third-order valence-electron chi connectivity index (χ3n) is 6.55. The minimum absolute atomic E-state index is 0.0871. The van der Waals surface area contributed by atoms with Crippen LogP contribution in [0.2, 0.25) is 0 Å². The molecule has 2 atom stereocenters. The molecular formula is C22H36N2O4S. The van der Waals surface area contributed by atoms with E-state index < -0.39 is 15.6 Å². The van der Waals surface area contributed by atoms with Gasteiger partial charge in [-0.25, -0.2) is 8.42 Å². The van der Waals surface area contributed by atoms with Crippen molar-refractivity contribution in [1.29, 1.82) is 0 Å². The third-order valence-corrected chi connectivity index (χ3v) is 7.80. The number of anilines is 1. The van der Waals surface area contributed by atoms with Crippen LogP contribution in [0.5, 0.6) is 0 Å². The van der Waals surface area contributed by atoms with E-state index in [1.54, 1.807) is 6.07 Å². The first-order valence-electron chi connectivity index (χ1n) is 10.9. The van der Waals surface area contributed by atoms with E-state index in [1.807, 2.05) is 18.2 Å². The van der Waals surface area contributed by atoms with Crippen LogP contribution in [0.25, 0.3) is 0 Å². The number of nitrogens with zero attached hydrogens (tertiary/aromatic N) is 1. The van der Waals surface area contributed by atoms with Crippen molar-refractivity contribution >= 4 is 15.7 Å². The molecule has 1 aromatic rings. The van der Waals surface area contributed by atoms with Gasteiger partial charge in [0.2, 0.25) is 10.0 Å². The van der Waals surface area contributed by atoms with Gasteiger partial charge in [-0.1, -0.05) is 38.3 Å². The Morgan fingerprint density at radius 2 is 1.93 bits per heavy atom. The van der Waals surface area contributed by atoms with Crippen molar-refractivity contribution in [1.82, 2.24) is 4.90 Å². The largest absolute Gasteiger partial charge is 0.384 e. The monoisotopic (exact) mass is 424 g/mol.